The van der Waals surface area contributed by atoms with Crippen molar-refractivity contribution in [3.8, 4) is 11.1 Å². The van der Waals surface area contributed by atoms with E-state index >= 15 is 0 Å². The molecule has 1 heterocycles. The van der Waals surface area contributed by atoms with Crippen LogP contribution in [0.4, 0.5) is 11.4 Å². The fourth-order valence-electron chi connectivity index (χ4n) is 2.09. The smallest absolute Gasteiger partial charge is 0.133 e. The maximum Gasteiger partial charge on any atom is 0.133 e. The molecule has 0 fully saturated rings. The summed E-state index contributed by atoms with van der Waals surface area (Å²) in [6.45, 7) is 0. The van der Waals surface area contributed by atoms with Crippen LogP contribution in [-0.4, -0.2) is 5.84 Å². The molecule has 0 atom stereocenters. The Hall–Kier alpha value is -2.59. The van der Waals surface area contributed by atoms with Gasteiger partial charge in [0.15, 0.2) is 0 Å². The van der Waals surface area contributed by atoms with Crippen molar-refractivity contribution < 1.29 is 0 Å². The normalized spacial score (nSPS) is 10.3. The number of benzene rings is 2. The summed E-state index contributed by atoms with van der Waals surface area (Å²) in [6.07, 6.45) is 0. The van der Waals surface area contributed by atoms with E-state index in [0.29, 0.717) is 0 Å². The minimum absolute atomic E-state index is 0.104. The number of thiophene rings is 1. The van der Waals surface area contributed by atoms with Gasteiger partial charge >= 0.3 is 0 Å². The van der Waals surface area contributed by atoms with E-state index in [1.54, 1.807) is 0 Å². The lowest BCUT2D eigenvalue weighted by Crippen LogP contribution is -2.08. The van der Waals surface area contributed by atoms with E-state index in [1.165, 1.54) is 22.5 Å². The average Bonchev–Trinajstić information content (AvgIpc) is 2.98. The minimum Gasteiger partial charge on any atom is -0.383 e. The van der Waals surface area contributed by atoms with Crippen LogP contribution < -0.4 is 11.1 Å². The maximum absolute atomic E-state index is 7.41. The third-order valence-corrected chi connectivity index (χ3v) is 4.11. The largest absolute Gasteiger partial charge is 0.383 e. The van der Waals surface area contributed by atoms with E-state index in [4.69, 9.17) is 11.1 Å². The molecule has 3 aromatic rings. The minimum atomic E-state index is 0.104. The number of nitrogens with one attached hydrogen (secondary N) is 2. The van der Waals surface area contributed by atoms with Crippen molar-refractivity contribution in [2.45, 2.75) is 0 Å². The summed E-state index contributed by atoms with van der Waals surface area (Å²) in [6, 6.07) is 20.5. The molecular weight excluding hydrogens is 278 g/mol. The molecule has 4 heteroatoms. The van der Waals surface area contributed by atoms with E-state index in [9.17, 15) is 0 Å². The molecule has 2 aromatic carbocycles. The number of nitrogens with two attached hydrogens (primary N) is 1. The molecular formula is C17H15N3S. The monoisotopic (exact) mass is 293 g/mol. The standard InChI is InChI=1S/C17H15N3S/c18-17(19)16-10-15(11-21-16)20-14-8-6-13(7-9-14)12-4-2-1-3-5-12/h1-11,20H,(H3,18,19). The summed E-state index contributed by atoms with van der Waals surface area (Å²) in [5.74, 6) is 0.104. The molecule has 0 saturated carbocycles. The summed E-state index contributed by atoms with van der Waals surface area (Å²) in [4.78, 5) is 0.776. The van der Waals surface area contributed by atoms with Crippen LogP contribution in [0.2, 0.25) is 0 Å². The Kier molecular flexibility index (Phi) is 3.71. The molecule has 3 nitrogen and oxygen atoms in total. The molecule has 104 valence electrons. The molecule has 0 spiro atoms. The number of hydrogen-bond acceptors (Lipinski definition) is 3. The van der Waals surface area contributed by atoms with Crippen molar-refractivity contribution in [1.82, 2.24) is 0 Å². The first-order chi connectivity index (χ1) is 10.2. The molecule has 0 unspecified atom stereocenters. The molecule has 0 aliphatic heterocycles. The summed E-state index contributed by atoms with van der Waals surface area (Å²) >= 11 is 1.46. The van der Waals surface area contributed by atoms with Gasteiger partial charge in [-0.2, -0.15) is 0 Å². The second kappa shape index (κ2) is 5.81. The van der Waals surface area contributed by atoms with E-state index in [2.05, 4.69) is 29.6 Å². The summed E-state index contributed by atoms with van der Waals surface area (Å²) in [7, 11) is 0. The second-order valence-electron chi connectivity index (χ2n) is 4.68. The molecule has 0 amide bonds. The molecule has 0 bridgehead atoms. The Bertz CT molecular complexity index is 745. The lowest BCUT2D eigenvalue weighted by Gasteiger charge is -2.06. The SMILES string of the molecule is N=C(N)c1cc(Nc2ccc(-c3ccccc3)cc2)cs1. The van der Waals surface area contributed by atoms with Gasteiger partial charge in [0, 0.05) is 11.1 Å². The van der Waals surface area contributed by atoms with Gasteiger partial charge in [0.1, 0.15) is 5.84 Å². The first-order valence-electron chi connectivity index (χ1n) is 6.58. The quantitative estimate of drug-likeness (QED) is 0.492. The van der Waals surface area contributed by atoms with Gasteiger partial charge in [0.25, 0.3) is 0 Å². The van der Waals surface area contributed by atoms with Crippen LogP contribution in [-0.2, 0) is 0 Å². The van der Waals surface area contributed by atoms with Gasteiger partial charge in [0.05, 0.1) is 10.6 Å². The molecule has 0 saturated heterocycles. The number of rotatable bonds is 4. The van der Waals surface area contributed by atoms with Gasteiger partial charge in [-0.1, -0.05) is 42.5 Å². The van der Waals surface area contributed by atoms with Gasteiger partial charge in [-0.25, -0.2) is 0 Å². The predicted octanol–water partition coefficient (Wildman–Crippen LogP) is 4.44. The molecule has 3 rings (SSSR count). The van der Waals surface area contributed by atoms with Gasteiger partial charge in [-0.3, -0.25) is 5.41 Å². The van der Waals surface area contributed by atoms with Crippen LogP contribution in [0.25, 0.3) is 11.1 Å². The van der Waals surface area contributed by atoms with Gasteiger partial charge in [0.2, 0.25) is 0 Å². The predicted molar refractivity (Wildman–Crippen MR) is 90.5 cm³/mol. The van der Waals surface area contributed by atoms with Crippen LogP contribution in [0.15, 0.2) is 66.0 Å². The highest BCUT2D eigenvalue weighted by atomic mass is 32.1. The van der Waals surface area contributed by atoms with Crippen molar-refractivity contribution in [3.05, 3.63) is 70.9 Å². The maximum atomic E-state index is 7.41. The van der Waals surface area contributed by atoms with Gasteiger partial charge in [-0.05, 0) is 29.3 Å². The van der Waals surface area contributed by atoms with Crippen LogP contribution in [0.1, 0.15) is 4.88 Å². The van der Waals surface area contributed by atoms with E-state index in [-0.39, 0.29) is 5.84 Å². The summed E-state index contributed by atoms with van der Waals surface area (Å²) in [5.41, 5.74) is 9.84. The van der Waals surface area contributed by atoms with E-state index in [1.807, 2.05) is 41.8 Å². The topological polar surface area (TPSA) is 61.9 Å². The molecule has 1 aromatic heterocycles. The lowest BCUT2D eigenvalue weighted by molar-refractivity contribution is 1.45. The molecule has 0 radical (unpaired) electrons. The Labute approximate surface area is 127 Å². The third kappa shape index (κ3) is 3.12. The highest BCUT2D eigenvalue weighted by molar-refractivity contribution is 7.12. The molecule has 0 aliphatic carbocycles. The summed E-state index contributed by atoms with van der Waals surface area (Å²) in [5, 5.41) is 12.7. The van der Waals surface area contributed by atoms with Crippen molar-refractivity contribution in [3.63, 3.8) is 0 Å². The number of amidine groups is 1. The van der Waals surface area contributed by atoms with Crippen LogP contribution in [0.5, 0.6) is 0 Å². The Morgan fingerprint density at radius 2 is 1.57 bits per heavy atom. The first-order valence-corrected chi connectivity index (χ1v) is 7.46. The third-order valence-electron chi connectivity index (χ3n) is 3.15. The zero-order valence-electron chi connectivity index (χ0n) is 11.3. The van der Waals surface area contributed by atoms with Gasteiger partial charge in [-0.15, -0.1) is 11.3 Å². The van der Waals surface area contributed by atoms with Crippen LogP contribution in [0.3, 0.4) is 0 Å². The number of nitrogen functional groups attached to an aromatic ring is 1. The summed E-state index contributed by atoms with van der Waals surface area (Å²) < 4.78 is 0. The van der Waals surface area contributed by atoms with Gasteiger partial charge < -0.3 is 11.1 Å². The second-order valence-corrected chi connectivity index (χ2v) is 5.59. The average molecular weight is 293 g/mol. The Morgan fingerprint density at radius 1 is 0.905 bits per heavy atom. The van der Waals surface area contributed by atoms with E-state index in [0.717, 1.165) is 16.3 Å². The highest BCUT2D eigenvalue weighted by Crippen LogP contribution is 2.25. The Balaban J connectivity index is 1.76. The number of anilines is 2. The molecule has 21 heavy (non-hydrogen) atoms. The fraction of sp³-hybridized carbons (Fsp3) is 0. The van der Waals surface area contributed by atoms with Crippen LogP contribution in [0, 0.1) is 5.41 Å². The fourth-order valence-corrected chi connectivity index (χ4v) is 2.79. The zero-order chi connectivity index (χ0) is 14.7. The zero-order valence-corrected chi connectivity index (χ0v) is 12.2. The van der Waals surface area contributed by atoms with E-state index < -0.39 is 0 Å². The molecule has 4 N–H and O–H groups in total. The molecule has 0 aliphatic rings. The van der Waals surface area contributed by atoms with Crippen LogP contribution >= 0.6 is 11.3 Å². The highest BCUT2D eigenvalue weighted by Gasteiger charge is 2.03. The Morgan fingerprint density at radius 3 is 2.19 bits per heavy atom. The lowest BCUT2D eigenvalue weighted by atomic mass is 10.1. The van der Waals surface area contributed by atoms with Crippen molar-refractivity contribution >= 4 is 28.5 Å². The van der Waals surface area contributed by atoms with Crippen molar-refractivity contribution in [2.24, 2.45) is 5.73 Å². The first kappa shape index (κ1) is 13.4. The number of hydrogen-bond donors (Lipinski definition) is 3. The van der Waals surface area contributed by atoms with Crippen molar-refractivity contribution in [2.75, 3.05) is 5.32 Å². The van der Waals surface area contributed by atoms with Crippen molar-refractivity contribution in [1.29, 1.82) is 5.41 Å².